The van der Waals surface area contributed by atoms with Gasteiger partial charge in [0, 0.05) is 25.5 Å². The van der Waals surface area contributed by atoms with Crippen molar-refractivity contribution in [2.24, 2.45) is 0 Å². The van der Waals surface area contributed by atoms with Crippen LogP contribution in [0.5, 0.6) is 0 Å². The topological polar surface area (TPSA) is 34.1 Å². The molecule has 0 fully saturated rings. The van der Waals surface area contributed by atoms with E-state index >= 15 is 0 Å². The lowest BCUT2D eigenvalue weighted by Crippen LogP contribution is -2.30. The summed E-state index contributed by atoms with van der Waals surface area (Å²) in [4.78, 5) is 4.23. The molecule has 1 aromatic heterocycles. The number of hydrogen-bond acceptors (Lipinski definition) is 3. The lowest BCUT2D eigenvalue weighted by Gasteiger charge is -2.28. The fourth-order valence-corrected chi connectivity index (χ4v) is 1.73. The molecular formula is C13H22N2O. The molecule has 0 saturated carbocycles. The van der Waals surface area contributed by atoms with Crippen molar-refractivity contribution in [3.05, 3.63) is 29.6 Å². The van der Waals surface area contributed by atoms with Gasteiger partial charge in [-0.05, 0) is 45.4 Å². The van der Waals surface area contributed by atoms with E-state index in [0.717, 1.165) is 6.42 Å². The number of aryl methyl sites for hydroxylation is 1. The Morgan fingerprint density at radius 3 is 2.62 bits per heavy atom. The predicted octanol–water partition coefficient (Wildman–Crippen LogP) is 2.47. The van der Waals surface area contributed by atoms with Crippen LogP contribution >= 0.6 is 0 Å². The minimum atomic E-state index is -0.128. The molecule has 16 heavy (non-hydrogen) atoms. The molecule has 1 heterocycles. The van der Waals surface area contributed by atoms with Crippen LogP contribution in [0.25, 0.3) is 0 Å². The fourth-order valence-electron chi connectivity index (χ4n) is 1.73. The molecule has 0 bridgehead atoms. The van der Waals surface area contributed by atoms with Crippen molar-refractivity contribution in [2.75, 3.05) is 14.2 Å². The quantitative estimate of drug-likeness (QED) is 0.831. The van der Waals surface area contributed by atoms with Gasteiger partial charge in [-0.25, -0.2) is 0 Å². The largest absolute Gasteiger partial charge is 0.379 e. The SMILES string of the molecule is CNC(CC(C)(C)OC)c1cncc(C)c1. The van der Waals surface area contributed by atoms with E-state index in [1.54, 1.807) is 7.11 Å². The van der Waals surface area contributed by atoms with Crippen LogP contribution < -0.4 is 5.32 Å². The van der Waals surface area contributed by atoms with Gasteiger partial charge in [-0.1, -0.05) is 6.07 Å². The van der Waals surface area contributed by atoms with Gasteiger partial charge in [0.2, 0.25) is 0 Å². The van der Waals surface area contributed by atoms with Crippen molar-refractivity contribution < 1.29 is 4.74 Å². The highest BCUT2D eigenvalue weighted by atomic mass is 16.5. The third-order valence-corrected chi connectivity index (χ3v) is 2.90. The standard InChI is InChI=1S/C13H22N2O/c1-10-6-11(9-15-8-10)12(14-4)7-13(2,3)16-5/h6,8-9,12,14H,7H2,1-5H3. The number of hydrogen-bond donors (Lipinski definition) is 1. The first-order valence-corrected chi connectivity index (χ1v) is 5.62. The highest BCUT2D eigenvalue weighted by molar-refractivity contribution is 5.20. The van der Waals surface area contributed by atoms with Crippen molar-refractivity contribution in [1.82, 2.24) is 10.3 Å². The summed E-state index contributed by atoms with van der Waals surface area (Å²) in [6.45, 7) is 6.26. The monoisotopic (exact) mass is 222 g/mol. The Morgan fingerprint density at radius 1 is 1.44 bits per heavy atom. The van der Waals surface area contributed by atoms with Crippen LogP contribution in [0.15, 0.2) is 18.5 Å². The van der Waals surface area contributed by atoms with Gasteiger partial charge in [-0.2, -0.15) is 0 Å². The van der Waals surface area contributed by atoms with Crippen LogP contribution in [-0.4, -0.2) is 24.7 Å². The lowest BCUT2D eigenvalue weighted by molar-refractivity contribution is 0.00741. The second kappa shape index (κ2) is 5.41. The van der Waals surface area contributed by atoms with Gasteiger partial charge in [0.05, 0.1) is 5.60 Å². The summed E-state index contributed by atoms with van der Waals surface area (Å²) in [5.41, 5.74) is 2.28. The molecule has 0 radical (unpaired) electrons. The van der Waals surface area contributed by atoms with E-state index in [9.17, 15) is 0 Å². The maximum atomic E-state index is 5.46. The Bertz CT molecular complexity index is 336. The minimum absolute atomic E-state index is 0.128. The number of ether oxygens (including phenoxy) is 1. The van der Waals surface area contributed by atoms with Crippen LogP contribution in [0.2, 0.25) is 0 Å². The zero-order valence-electron chi connectivity index (χ0n) is 10.9. The van der Waals surface area contributed by atoms with E-state index in [1.165, 1.54) is 11.1 Å². The minimum Gasteiger partial charge on any atom is -0.379 e. The molecule has 0 aliphatic heterocycles. The first kappa shape index (κ1) is 13.1. The van der Waals surface area contributed by atoms with Gasteiger partial charge in [0.1, 0.15) is 0 Å². The predicted molar refractivity (Wildman–Crippen MR) is 66.5 cm³/mol. The van der Waals surface area contributed by atoms with Gasteiger partial charge in [0.15, 0.2) is 0 Å². The van der Waals surface area contributed by atoms with E-state index in [0.29, 0.717) is 0 Å². The first-order chi connectivity index (χ1) is 7.48. The van der Waals surface area contributed by atoms with E-state index in [1.807, 2.05) is 19.4 Å². The highest BCUT2D eigenvalue weighted by Crippen LogP contribution is 2.25. The molecule has 1 unspecified atom stereocenters. The summed E-state index contributed by atoms with van der Waals surface area (Å²) < 4.78 is 5.46. The Balaban J connectivity index is 2.82. The molecule has 1 atom stereocenters. The smallest absolute Gasteiger partial charge is 0.0640 e. The van der Waals surface area contributed by atoms with E-state index in [-0.39, 0.29) is 11.6 Å². The Kier molecular flexibility index (Phi) is 4.44. The summed E-state index contributed by atoms with van der Waals surface area (Å²) in [6, 6.07) is 2.45. The Hall–Kier alpha value is -0.930. The molecule has 3 nitrogen and oxygen atoms in total. The summed E-state index contributed by atoms with van der Waals surface area (Å²) in [7, 11) is 3.72. The number of nitrogens with zero attached hydrogens (tertiary/aromatic N) is 1. The number of rotatable bonds is 5. The second-order valence-electron chi connectivity index (χ2n) is 4.80. The summed E-state index contributed by atoms with van der Waals surface area (Å²) in [5.74, 6) is 0. The normalized spacial score (nSPS) is 13.8. The molecule has 3 heteroatoms. The third-order valence-electron chi connectivity index (χ3n) is 2.90. The number of methoxy groups -OCH3 is 1. The lowest BCUT2D eigenvalue weighted by atomic mass is 9.94. The molecule has 0 spiro atoms. The van der Waals surface area contributed by atoms with Crippen LogP contribution in [0.4, 0.5) is 0 Å². The van der Waals surface area contributed by atoms with Crippen molar-refractivity contribution in [1.29, 1.82) is 0 Å². The highest BCUT2D eigenvalue weighted by Gasteiger charge is 2.23. The summed E-state index contributed by atoms with van der Waals surface area (Å²) >= 11 is 0. The van der Waals surface area contributed by atoms with Crippen LogP contribution in [0.3, 0.4) is 0 Å². The molecular weight excluding hydrogens is 200 g/mol. The molecule has 90 valence electrons. The number of nitrogens with one attached hydrogen (secondary N) is 1. The summed E-state index contributed by atoms with van der Waals surface area (Å²) in [5, 5.41) is 3.32. The van der Waals surface area contributed by atoms with Crippen molar-refractivity contribution in [3.63, 3.8) is 0 Å². The number of pyridine rings is 1. The average Bonchev–Trinajstić information content (AvgIpc) is 2.26. The fraction of sp³-hybridized carbons (Fsp3) is 0.615. The van der Waals surface area contributed by atoms with Gasteiger partial charge in [-0.3, -0.25) is 4.98 Å². The maximum Gasteiger partial charge on any atom is 0.0640 e. The van der Waals surface area contributed by atoms with Crippen molar-refractivity contribution in [2.45, 2.75) is 38.8 Å². The van der Waals surface area contributed by atoms with E-state index in [2.05, 4.69) is 37.1 Å². The number of aromatic nitrogens is 1. The van der Waals surface area contributed by atoms with Crippen LogP contribution in [-0.2, 0) is 4.74 Å². The van der Waals surface area contributed by atoms with E-state index < -0.39 is 0 Å². The van der Waals surface area contributed by atoms with E-state index in [4.69, 9.17) is 4.74 Å². The Morgan fingerprint density at radius 2 is 2.12 bits per heavy atom. The zero-order valence-corrected chi connectivity index (χ0v) is 10.9. The molecule has 0 aliphatic carbocycles. The third kappa shape index (κ3) is 3.58. The van der Waals surface area contributed by atoms with Gasteiger partial charge in [-0.15, -0.1) is 0 Å². The molecule has 1 aromatic rings. The van der Waals surface area contributed by atoms with Crippen LogP contribution in [0, 0.1) is 6.92 Å². The second-order valence-corrected chi connectivity index (χ2v) is 4.80. The van der Waals surface area contributed by atoms with Crippen LogP contribution in [0.1, 0.15) is 37.4 Å². The van der Waals surface area contributed by atoms with Gasteiger partial charge >= 0.3 is 0 Å². The average molecular weight is 222 g/mol. The molecule has 0 saturated heterocycles. The maximum absolute atomic E-state index is 5.46. The van der Waals surface area contributed by atoms with Crippen molar-refractivity contribution >= 4 is 0 Å². The Labute approximate surface area is 98.2 Å². The molecule has 1 N–H and O–H groups in total. The molecule has 0 amide bonds. The zero-order chi connectivity index (χ0) is 12.2. The first-order valence-electron chi connectivity index (χ1n) is 5.62. The van der Waals surface area contributed by atoms with Gasteiger partial charge < -0.3 is 10.1 Å². The molecule has 1 rings (SSSR count). The summed E-state index contributed by atoms with van der Waals surface area (Å²) in [6.07, 6.45) is 4.71. The van der Waals surface area contributed by atoms with Gasteiger partial charge in [0.25, 0.3) is 0 Å². The molecule has 0 aromatic carbocycles. The van der Waals surface area contributed by atoms with Crippen molar-refractivity contribution in [3.8, 4) is 0 Å². The molecule has 0 aliphatic rings.